The quantitative estimate of drug-likeness (QED) is 0.564. The highest BCUT2D eigenvalue weighted by Crippen LogP contribution is 2.32. The molecule has 0 fully saturated rings. The first kappa shape index (κ1) is 17.7. The molecule has 0 aliphatic heterocycles. The zero-order chi connectivity index (χ0) is 20.0. The number of furan rings is 1. The molecule has 1 aromatic carbocycles. The zero-order valence-corrected chi connectivity index (χ0v) is 15.6. The summed E-state index contributed by atoms with van der Waals surface area (Å²) in [5.41, 5.74) is 2.85. The Hall–Kier alpha value is -3.68. The predicted octanol–water partition coefficient (Wildman–Crippen LogP) is 3.28. The summed E-state index contributed by atoms with van der Waals surface area (Å²) in [6.07, 6.45) is 4.76. The Labute approximate surface area is 159 Å². The predicted molar refractivity (Wildman–Crippen MR) is 102 cm³/mol. The normalized spacial score (nSPS) is 12.4. The first-order valence-corrected chi connectivity index (χ1v) is 8.73. The molecule has 0 saturated heterocycles. The Morgan fingerprint density at radius 1 is 1.25 bits per heavy atom. The van der Waals surface area contributed by atoms with Crippen LogP contribution in [0.2, 0.25) is 0 Å². The van der Waals surface area contributed by atoms with Crippen molar-refractivity contribution in [3.63, 3.8) is 0 Å². The van der Waals surface area contributed by atoms with Gasteiger partial charge in [-0.25, -0.2) is 14.3 Å². The van der Waals surface area contributed by atoms with Crippen LogP contribution in [0.4, 0.5) is 0 Å². The van der Waals surface area contributed by atoms with Crippen molar-refractivity contribution in [3.8, 4) is 0 Å². The van der Waals surface area contributed by atoms with Crippen molar-refractivity contribution >= 4 is 28.5 Å². The van der Waals surface area contributed by atoms with Gasteiger partial charge in [0.1, 0.15) is 22.5 Å². The first-order chi connectivity index (χ1) is 13.4. The molecule has 4 rings (SSSR count). The Bertz CT molecular complexity index is 1240. The van der Waals surface area contributed by atoms with Gasteiger partial charge in [-0.15, -0.1) is 0 Å². The third kappa shape index (κ3) is 2.79. The maximum atomic E-state index is 12.7. The van der Waals surface area contributed by atoms with E-state index in [-0.39, 0.29) is 11.5 Å². The Balaban J connectivity index is 1.70. The van der Waals surface area contributed by atoms with E-state index in [1.54, 1.807) is 31.5 Å². The lowest BCUT2D eigenvalue weighted by molar-refractivity contribution is 0.0697. The minimum atomic E-state index is -1.05. The highest BCUT2D eigenvalue weighted by Gasteiger charge is 2.23. The van der Waals surface area contributed by atoms with E-state index >= 15 is 0 Å². The van der Waals surface area contributed by atoms with Crippen molar-refractivity contribution in [2.75, 3.05) is 0 Å². The lowest BCUT2D eigenvalue weighted by Gasteiger charge is -2.12. The summed E-state index contributed by atoms with van der Waals surface area (Å²) in [5, 5.41) is 17.2. The molecular formula is C20H18N4O4. The fraction of sp³-hybridized carbons (Fsp3) is 0.200. The van der Waals surface area contributed by atoms with Crippen molar-refractivity contribution in [3.05, 3.63) is 64.8 Å². The topological polar surface area (TPSA) is 110 Å². The number of rotatable bonds is 4. The molecule has 8 heteroatoms. The number of nitrogens with one attached hydrogen (secondary N) is 1. The molecule has 0 aliphatic rings. The Morgan fingerprint density at radius 2 is 2.04 bits per heavy atom. The Kier molecular flexibility index (Phi) is 4.11. The van der Waals surface area contributed by atoms with Gasteiger partial charge >= 0.3 is 5.97 Å². The number of benzene rings is 1. The molecule has 28 heavy (non-hydrogen) atoms. The summed E-state index contributed by atoms with van der Waals surface area (Å²) in [6.45, 7) is 5.47. The van der Waals surface area contributed by atoms with Gasteiger partial charge in [0.2, 0.25) is 0 Å². The molecule has 0 bridgehead atoms. The number of amides is 1. The Morgan fingerprint density at radius 3 is 2.79 bits per heavy atom. The van der Waals surface area contributed by atoms with Crippen molar-refractivity contribution in [1.82, 2.24) is 19.9 Å². The van der Waals surface area contributed by atoms with Gasteiger partial charge in [0.05, 0.1) is 12.2 Å². The molecule has 2 N–H and O–H groups in total. The van der Waals surface area contributed by atoms with Gasteiger partial charge in [0, 0.05) is 23.3 Å². The van der Waals surface area contributed by atoms with E-state index in [0.717, 1.165) is 16.5 Å². The molecule has 3 aromatic heterocycles. The van der Waals surface area contributed by atoms with Crippen LogP contribution in [0.3, 0.4) is 0 Å². The average Bonchev–Trinajstić information content (AvgIpc) is 3.23. The second kappa shape index (κ2) is 6.49. The maximum Gasteiger partial charge on any atom is 0.339 e. The number of carboxylic acid groups (broad SMARTS) is 1. The van der Waals surface area contributed by atoms with Crippen LogP contribution in [0.5, 0.6) is 0 Å². The van der Waals surface area contributed by atoms with Crippen LogP contribution >= 0.6 is 0 Å². The van der Waals surface area contributed by atoms with Crippen molar-refractivity contribution in [2.45, 2.75) is 26.8 Å². The fourth-order valence-corrected chi connectivity index (χ4v) is 3.38. The molecule has 1 amide bonds. The maximum absolute atomic E-state index is 12.7. The van der Waals surface area contributed by atoms with Crippen LogP contribution in [0.25, 0.3) is 16.6 Å². The number of aromatic nitrogens is 3. The van der Waals surface area contributed by atoms with Gasteiger partial charge in [-0.05, 0) is 44.5 Å². The smallest absolute Gasteiger partial charge is 0.339 e. The molecule has 3 heterocycles. The summed E-state index contributed by atoms with van der Waals surface area (Å²) >= 11 is 0. The lowest BCUT2D eigenvalue weighted by atomic mass is 10.0. The highest BCUT2D eigenvalue weighted by atomic mass is 16.4. The van der Waals surface area contributed by atoms with Crippen LogP contribution in [-0.4, -0.2) is 31.6 Å². The number of aryl methyl sites for hydroxylation is 2. The van der Waals surface area contributed by atoms with Crippen molar-refractivity contribution in [1.29, 1.82) is 0 Å². The van der Waals surface area contributed by atoms with Crippen molar-refractivity contribution in [2.24, 2.45) is 0 Å². The molecule has 1 atom stereocenters. The molecule has 142 valence electrons. The van der Waals surface area contributed by atoms with Gasteiger partial charge in [0.15, 0.2) is 5.65 Å². The SMILES string of the molecule is Cc1cc(C(=O)O)c2oc(C(C)NC(=O)c3cnn4cccnc34)c(C)c2c1. The van der Waals surface area contributed by atoms with E-state index in [1.807, 2.05) is 19.9 Å². The molecule has 0 aliphatic carbocycles. The van der Waals surface area contributed by atoms with E-state index in [1.165, 1.54) is 10.7 Å². The lowest BCUT2D eigenvalue weighted by Crippen LogP contribution is -2.26. The summed E-state index contributed by atoms with van der Waals surface area (Å²) in [5.74, 6) is -0.875. The molecule has 0 spiro atoms. The van der Waals surface area contributed by atoms with E-state index in [9.17, 15) is 14.7 Å². The summed E-state index contributed by atoms with van der Waals surface area (Å²) in [7, 11) is 0. The molecule has 8 nitrogen and oxygen atoms in total. The van der Waals surface area contributed by atoms with Crippen LogP contribution in [0.15, 0.2) is 41.2 Å². The first-order valence-electron chi connectivity index (χ1n) is 8.73. The fourth-order valence-electron chi connectivity index (χ4n) is 3.38. The van der Waals surface area contributed by atoms with Crippen LogP contribution < -0.4 is 5.32 Å². The number of carbonyl (C=O) groups is 2. The second-order valence-electron chi connectivity index (χ2n) is 6.73. The third-order valence-corrected chi connectivity index (χ3v) is 4.71. The molecule has 0 saturated carbocycles. The number of hydrogen-bond acceptors (Lipinski definition) is 5. The number of fused-ring (bicyclic) bond motifs is 2. The number of aromatic carboxylic acids is 1. The van der Waals surface area contributed by atoms with E-state index < -0.39 is 12.0 Å². The van der Waals surface area contributed by atoms with Crippen molar-refractivity contribution < 1.29 is 19.1 Å². The third-order valence-electron chi connectivity index (χ3n) is 4.71. The number of carboxylic acids is 1. The van der Waals surface area contributed by atoms with Crippen LogP contribution in [0.1, 0.15) is 50.6 Å². The minimum Gasteiger partial charge on any atom is -0.478 e. The summed E-state index contributed by atoms with van der Waals surface area (Å²) in [4.78, 5) is 28.5. The average molecular weight is 378 g/mol. The van der Waals surface area contributed by atoms with Crippen LogP contribution in [0, 0.1) is 13.8 Å². The van der Waals surface area contributed by atoms with E-state index in [2.05, 4.69) is 15.4 Å². The molecular weight excluding hydrogens is 360 g/mol. The molecule has 1 unspecified atom stereocenters. The van der Waals surface area contributed by atoms with E-state index in [4.69, 9.17) is 4.42 Å². The highest BCUT2D eigenvalue weighted by molar-refractivity contribution is 6.03. The molecule has 0 radical (unpaired) electrons. The van der Waals surface area contributed by atoms with Gasteiger partial charge < -0.3 is 14.8 Å². The van der Waals surface area contributed by atoms with Crippen LogP contribution in [-0.2, 0) is 0 Å². The standard InChI is InChI=1S/C20H18N4O4/c1-10-7-13-11(2)16(28-17(13)14(8-10)20(26)27)12(3)23-19(25)15-9-22-24-6-4-5-21-18(15)24/h4-9,12H,1-3H3,(H,23,25)(H,26,27). The van der Waals surface area contributed by atoms with Gasteiger partial charge in [-0.1, -0.05) is 0 Å². The summed E-state index contributed by atoms with van der Waals surface area (Å²) < 4.78 is 7.40. The minimum absolute atomic E-state index is 0.106. The molecule has 4 aromatic rings. The zero-order valence-electron chi connectivity index (χ0n) is 15.6. The van der Waals surface area contributed by atoms with Gasteiger partial charge in [0.25, 0.3) is 5.91 Å². The largest absolute Gasteiger partial charge is 0.478 e. The van der Waals surface area contributed by atoms with Gasteiger partial charge in [-0.2, -0.15) is 5.10 Å². The monoisotopic (exact) mass is 378 g/mol. The number of nitrogens with zero attached hydrogens (tertiary/aromatic N) is 3. The number of hydrogen-bond donors (Lipinski definition) is 2. The van der Waals surface area contributed by atoms with Gasteiger partial charge in [-0.3, -0.25) is 4.79 Å². The number of carbonyl (C=O) groups excluding carboxylic acids is 1. The summed E-state index contributed by atoms with van der Waals surface area (Å²) in [6, 6.07) is 4.71. The van der Waals surface area contributed by atoms with E-state index in [0.29, 0.717) is 22.6 Å². The second-order valence-corrected chi connectivity index (χ2v) is 6.73.